The third kappa shape index (κ3) is 4.16. The molecule has 2 aliphatic rings. The van der Waals surface area contributed by atoms with Crippen molar-refractivity contribution in [3.63, 3.8) is 0 Å². The number of carbonyl (C=O) groups is 1. The van der Waals surface area contributed by atoms with Gasteiger partial charge in [-0.3, -0.25) is 9.69 Å². The monoisotopic (exact) mass is 270 g/mol. The summed E-state index contributed by atoms with van der Waals surface area (Å²) in [7, 11) is 2.15. The number of hydrogen-bond acceptors (Lipinski definition) is 5. The lowest BCUT2D eigenvalue weighted by Gasteiger charge is -2.39. The van der Waals surface area contributed by atoms with E-state index >= 15 is 0 Å². The van der Waals surface area contributed by atoms with Crippen molar-refractivity contribution in [2.75, 3.05) is 53.0 Å². The van der Waals surface area contributed by atoms with Gasteiger partial charge < -0.3 is 14.4 Å². The summed E-state index contributed by atoms with van der Waals surface area (Å²) < 4.78 is 10.6. The Morgan fingerprint density at radius 1 is 1.37 bits per heavy atom. The van der Waals surface area contributed by atoms with Crippen LogP contribution in [0.2, 0.25) is 0 Å². The van der Waals surface area contributed by atoms with Crippen molar-refractivity contribution in [3.05, 3.63) is 0 Å². The van der Waals surface area contributed by atoms with Crippen molar-refractivity contribution in [1.29, 1.82) is 0 Å². The number of piperazine rings is 1. The first kappa shape index (κ1) is 14.8. The summed E-state index contributed by atoms with van der Waals surface area (Å²) in [5, 5.41) is 0. The van der Waals surface area contributed by atoms with Crippen LogP contribution in [0.15, 0.2) is 0 Å². The molecular weight excluding hydrogens is 244 g/mol. The number of hydrogen-bond donors (Lipinski definition) is 0. The number of carbonyl (C=O) groups excluding carboxylic acids is 1. The summed E-state index contributed by atoms with van der Waals surface area (Å²) in [4.78, 5) is 16.6. The zero-order chi connectivity index (χ0) is 13.7. The Bertz CT molecular complexity index is 284. The first-order valence-electron chi connectivity index (χ1n) is 7.36. The van der Waals surface area contributed by atoms with Gasteiger partial charge in [0.1, 0.15) is 0 Å². The molecule has 0 bridgehead atoms. The molecule has 0 aromatic carbocycles. The van der Waals surface area contributed by atoms with E-state index in [9.17, 15) is 4.79 Å². The van der Waals surface area contributed by atoms with Crippen molar-refractivity contribution < 1.29 is 14.3 Å². The Hall–Kier alpha value is -0.650. The SMILES string of the molecule is CCOC(=O)CC(C1CCOC1)N1CCN(C)CC1. The quantitative estimate of drug-likeness (QED) is 0.684. The zero-order valence-corrected chi connectivity index (χ0v) is 12.1. The standard InChI is InChI=1S/C14H26N2O3/c1-3-19-14(17)10-13(12-4-9-18-11-12)16-7-5-15(2)6-8-16/h12-13H,3-11H2,1-2H3. The largest absolute Gasteiger partial charge is 0.466 e. The fourth-order valence-corrected chi connectivity index (χ4v) is 2.99. The highest BCUT2D eigenvalue weighted by atomic mass is 16.5. The molecule has 0 aliphatic carbocycles. The van der Waals surface area contributed by atoms with Gasteiger partial charge in [0.25, 0.3) is 0 Å². The Kier molecular flexibility index (Phi) is 5.60. The van der Waals surface area contributed by atoms with Crippen molar-refractivity contribution >= 4 is 5.97 Å². The highest BCUT2D eigenvalue weighted by molar-refractivity contribution is 5.70. The van der Waals surface area contributed by atoms with Gasteiger partial charge in [0.05, 0.1) is 19.6 Å². The topological polar surface area (TPSA) is 42.0 Å². The van der Waals surface area contributed by atoms with E-state index in [4.69, 9.17) is 9.47 Å². The fraction of sp³-hybridized carbons (Fsp3) is 0.929. The van der Waals surface area contributed by atoms with Crippen LogP contribution >= 0.6 is 0 Å². The number of rotatable bonds is 5. The summed E-state index contributed by atoms with van der Waals surface area (Å²) in [5.74, 6) is 0.408. The molecule has 2 fully saturated rings. The summed E-state index contributed by atoms with van der Waals surface area (Å²) in [6.45, 7) is 8.18. The third-order valence-electron chi connectivity index (χ3n) is 4.20. The molecule has 2 heterocycles. The number of esters is 1. The van der Waals surface area contributed by atoms with Crippen LogP contribution < -0.4 is 0 Å². The van der Waals surface area contributed by atoms with Crippen LogP contribution in [0.4, 0.5) is 0 Å². The second-order valence-corrected chi connectivity index (χ2v) is 5.54. The first-order chi connectivity index (χ1) is 9.20. The van der Waals surface area contributed by atoms with E-state index in [2.05, 4.69) is 16.8 Å². The molecule has 0 N–H and O–H groups in total. The highest BCUT2D eigenvalue weighted by Crippen LogP contribution is 2.25. The van der Waals surface area contributed by atoms with Gasteiger partial charge in [0.15, 0.2) is 0 Å². The maximum atomic E-state index is 11.8. The lowest BCUT2D eigenvalue weighted by Crippen LogP contribution is -2.52. The Labute approximate surface area is 115 Å². The molecule has 5 heteroatoms. The van der Waals surface area contributed by atoms with E-state index in [1.165, 1.54) is 0 Å². The minimum absolute atomic E-state index is 0.0710. The van der Waals surface area contributed by atoms with Crippen molar-refractivity contribution in [3.8, 4) is 0 Å². The van der Waals surface area contributed by atoms with Crippen LogP contribution in [0.25, 0.3) is 0 Å². The minimum atomic E-state index is -0.0710. The lowest BCUT2D eigenvalue weighted by molar-refractivity contribution is -0.145. The molecule has 5 nitrogen and oxygen atoms in total. The normalized spacial score (nSPS) is 27.4. The van der Waals surface area contributed by atoms with Crippen LogP contribution in [0.1, 0.15) is 19.8 Å². The molecule has 2 saturated heterocycles. The van der Waals surface area contributed by atoms with E-state index in [-0.39, 0.29) is 12.0 Å². The average Bonchev–Trinajstić information content (AvgIpc) is 2.91. The highest BCUT2D eigenvalue weighted by Gasteiger charge is 2.33. The Morgan fingerprint density at radius 2 is 2.11 bits per heavy atom. The van der Waals surface area contributed by atoms with Gasteiger partial charge in [-0.2, -0.15) is 0 Å². The predicted octanol–water partition coefficient (Wildman–Crippen LogP) is 0.592. The molecule has 2 atom stereocenters. The van der Waals surface area contributed by atoms with Crippen LogP contribution in [0.5, 0.6) is 0 Å². The molecule has 2 unspecified atom stereocenters. The number of nitrogens with zero attached hydrogens (tertiary/aromatic N) is 2. The maximum absolute atomic E-state index is 11.8. The second kappa shape index (κ2) is 7.22. The van der Waals surface area contributed by atoms with E-state index in [0.29, 0.717) is 18.9 Å². The molecule has 0 aromatic rings. The molecule has 0 spiro atoms. The lowest BCUT2D eigenvalue weighted by atomic mass is 9.94. The summed E-state index contributed by atoms with van der Waals surface area (Å²) in [5.41, 5.74) is 0. The molecule has 19 heavy (non-hydrogen) atoms. The molecule has 0 amide bonds. The minimum Gasteiger partial charge on any atom is -0.466 e. The van der Waals surface area contributed by atoms with Crippen LogP contribution in [-0.4, -0.2) is 74.9 Å². The van der Waals surface area contributed by atoms with Gasteiger partial charge in [-0.25, -0.2) is 0 Å². The summed E-state index contributed by atoms with van der Waals surface area (Å²) in [6.07, 6.45) is 1.57. The Morgan fingerprint density at radius 3 is 2.68 bits per heavy atom. The molecule has 0 saturated carbocycles. The molecule has 2 rings (SSSR count). The van der Waals surface area contributed by atoms with Crippen LogP contribution in [0, 0.1) is 5.92 Å². The smallest absolute Gasteiger partial charge is 0.307 e. The molecule has 0 aromatic heterocycles. The van der Waals surface area contributed by atoms with Gasteiger partial charge in [0.2, 0.25) is 0 Å². The van der Waals surface area contributed by atoms with Crippen molar-refractivity contribution in [2.45, 2.75) is 25.8 Å². The molecule has 110 valence electrons. The van der Waals surface area contributed by atoms with Gasteiger partial charge in [-0.1, -0.05) is 0 Å². The van der Waals surface area contributed by atoms with Gasteiger partial charge >= 0.3 is 5.97 Å². The van der Waals surface area contributed by atoms with Crippen LogP contribution in [-0.2, 0) is 14.3 Å². The predicted molar refractivity (Wildman–Crippen MR) is 73.0 cm³/mol. The first-order valence-corrected chi connectivity index (χ1v) is 7.36. The Balaban J connectivity index is 1.94. The zero-order valence-electron chi connectivity index (χ0n) is 12.1. The molecule has 2 aliphatic heterocycles. The van der Waals surface area contributed by atoms with Crippen molar-refractivity contribution in [2.24, 2.45) is 5.92 Å². The molecule has 0 radical (unpaired) electrons. The maximum Gasteiger partial charge on any atom is 0.307 e. The van der Waals surface area contributed by atoms with E-state index in [1.807, 2.05) is 6.92 Å². The fourth-order valence-electron chi connectivity index (χ4n) is 2.99. The number of likely N-dealkylation sites (N-methyl/N-ethyl adjacent to an activating group) is 1. The summed E-state index contributed by atoms with van der Waals surface area (Å²) in [6, 6.07) is 0.287. The van der Waals surface area contributed by atoms with E-state index < -0.39 is 0 Å². The third-order valence-corrected chi connectivity index (χ3v) is 4.20. The molecular formula is C14H26N2O3. The van der Waals surface area contributed by atoms with Gasteiger partial charge in [-0.15, -0.1) is 0 Å². The van der Waals surface area contributed by atoms with Gasteiger partial charge in [0, 0.05) is 44.7 Å². The van der Waals surface area contributed by atoms with Crippen LogP contribution in [0.3, 0.4) is 0 Å². The average molecular weight is 270 g/mol. The number of ether oxygens (including phenoxy) is 2. The van der Waals surface area contributed by atoms with E-state index in [0.717, 1.165) is 45.8 Å². The van der Waals surface area contributed by atoms with Gasteiger partial charge in [-0.05, 0) is 20.4 Å². The van der Waals surface area contributed by atoms with Crippen molar-refractivity contribution in [1.82, 2.24) is 9.80 Å². The van der Waals surface area contributed by atoms with E-state index in [1.54, 1.807) is 0 Å². The summed E-state index contributed by atoms with van der Waals surface area (Å²) >= 11 is 0. The second-order valence-electron chi connectivity index (χ2n) is 5.54.